The van der Waals surface area contributed by atoms with Crippen molar-refractivity contribution >= 4 is 36.2 Å². The Balaban J connectivity index is 1.11. The van der Waals surface area contributed by atoms with Gasteiger partial charge in [0.25, 0.3) is 11.8 Å². The van der Waals surface area contributed by atoms with Crippen LogP contribution in [0.2, 0.25) is 0 Å². The van der Waals surface area contributed by atoms with E-state index in [9.17, 15) is 19.2 Å². The lowest BCUT2D eigenvalue weighted by molar-refractivity contribution is -0.117. The number of nitrogens with one attached hydrogen (secondary N) is 2. The molecule has 4 amide bonds. The molecule has 2 N–H and O–H groups in total. The Morgan fingerprint density at radius 3 is 1.34 bits per heavy atom. The molecule has 0 bridgehead atoms. The summed E-state index contributed by atoms with van der Waals surface area (Å²) in [7, 11) is 0. The molecule has 2 saturated heterocycles. The van der Waals surface area contributed by atoms with Crippen LogP contribution in [-0.4, -0.2) is 37.2 Å². The van der Waals surface area contributed by atoms with E-state index in [1.54, 1.807) is 48.5 Å². The second-order valence-electron chi connectivity index (χ2n) is 7.60. The molecule has 0 unspecified atom stereocenters. The molecule has 180 valence electrons. The molecule has 10 nitrogen and oxygen atoms in total. The highest BCUT2D eigenvalue weighted by Gasteiger charge is 2.26. The van der Waals surface area contributed by atoms with E-state index in [1.807, 2.05) is 10.6 Å². The number of imide groups is 2. The lowest BCUT2D eigenvalue weighted by atomic mass is 10.2. The minimum Gasteiger partial charge on any atom is -0.494 e. The summed E-state index contributed by atoms with van der Waals surface area (Å²) in [5.74, 6) is 0.219. The van der Waals surface area contributed by atoms with E-state index in [0.717, 1.165) is 19.3 Å². The average molecular weight is 478 g/mol. The fourth-order valence-electron chi connectivity index (χ4n) is 3.23. The van der Waals surface area contributed by atoms with Crippen molar-refractivity contribution < 1.29 is 38.1 Å². The van der Waals surface area contributed by atoms with Crippen LogP contribution >= 0.6 is 0 Å². The maximum Gasteiger partial charge on any atom is 0.419 e. The SMILES string of the molecule is O=C1NC(=O)/C(=C\c2ccc(OCCCCCOc3ccc(/C=C4/OC(=O)NC4=O)cc3)cc2)O1. The maximum atomic E-state index is 11.5. The molecular formula is C25H22N2O8. The van der Waals surface area contributed by atoms with Gasteiger partial charge < -0.3 is 18.9 Å². The van der Waals surface area contributed by atoms with Gasteiger partial charge in [0, 0.05) is 0 Å². The predicted octanol–water partition coefficient (Wildman–Crippen LogP) is 3.53. The highest BCUT2D eigenvalue weighted by Crippen LogP contribution is 2.19. The highest BCUT2D eigenvalue weighted by atomic mass is 16.6. The summed E-state index contributed by atoms with van der Waals surface area (Å²) in [6, 6.07) is 14.2. The van der Waals surface area contributed by atoms with Crippen LogP contribution in [0.5, 0.6) is 11.5 Å². The van der Waals surface area contributed by atoms with Gasteiger partial charge >= 0.3 is 12.2 Å². The van der Waals surface area contributed by atoms with Crippen LogP contribution < -0.4 is 20.1 Å². The molecule has 2 heterocycles. The van der Waals surface area contributed by atoms with E-state index in [0.29, 0.717) is 35.8 Å². The highest BCUT2D eigenvalue weighted by molar-refractivity contribution is 6.10. The van der Waals surface area contributed by atoms with Crippen LogP contribution in [0.25, 0.3) is 12.2 Å². The lowest BCUT2D eigenvalue weighted by Crippen LogP contribution is -2.18. The van der Waals surface area contributed by atoms with E-state index < -0.39 is 24.0 Å². The number of carbonyl (C=O) groups is 4. The number of alkyl carbamates (subject to hydrolysis) is 2. The molecule has 0 radical (unpaired) electrons. The van der Waals surface area contributed by atoms with Crippen molar-refractivity contribution in [1.82, 2.24) is 10.6 Å². The summed E-state index contributed by atoms with van der Waals surface area (Å²) < 4.78 is 21.0. The zero-order valence-electron chi connectivity index (χ0n) is 18.6. The predicted molar refractivity (Wildman–Crippen MR) is 123 cm³/mol. The summed E-state index contributed by atoms with van der Waals surface area (Å²) in [5, 5.41) is 4.09. The third kappa shape index (κ3) is 6.70. The topological polar surface area (TPSA) is 129 Å². The monoisotopic (exact) mass is 478 g/mol. The first-order valence-corrected chi connectivity index (χ1v) is 10.9. The van der Waals surface area contributed by atoms with Gasteiger partial charge in [0.15, 0.2) is 11.5 Å². The maximum absolute atomic E-state index is 11.5. The molecule has 4 rings (SSSR count). The van der Waals surface area contributed by atoms with Gasteiger partial charge in [-0.1, -0.05) is 24.3 Å². The van der Waals surface area contributed by atoms with Crippen LogP contribution in [0.1, 0.15) is 30.4 Å². The van der Waals surface area contributed by atoms with Crippen molar-refractivity contribution in [3.63, 3.8) is 0 Å². The number of carbonyl (C=O) groups excluding carboxylic acids is 4. The van der Waals surface area contributed by atoms with Crippen LogP contribution in [0.15, 0.2) is 60.0 Å². The summed E-state index contributed by atoms with van der Waals surface area (Å²) in [6.07, 6.45) is 4.07. The lowest BCUT2D eigenvalue weighted by Gasteiger charge is -2.08. The molecule has 2 fully saturated rings. The quantitative estimate of drug-likeness (QED) is 0.392. The zero-order chi connectivity index (χ0) is 24.6. The van der Waals surface area contributed by atoms with Gasteiger partial charge in [-0.25, -0.2) is 9.59 Å². The van der Waals surface area contributed by atoms with E-state index in [2.05, 4.69) is 0 Å². The Labute approximate surface area is 200 Å². The van der Waals surface area contributed by atoms with E-state index in [-0.39, 0.29) is 11.5 Å². The Morgan fingerprint density at radius 2 is 1.00 bits per heavy atom. The number of amides is 4. The van der Waals surface area contributed by atoms with E-state index >= 15 is 0 Å². The summed E-state index contributed by atoms with van der Waals surface area (Å²) in [5.41, 5.74) is 1.43. The third-order valence-electron chi connectivity index (χ3n) is 4.97. The Bertz CT molecular complexity index is 1090. The van der Waals surface area contributed by atoms with Crippen molar-refractivity contribution in [1.29, 1.82) is 0 Å². The summed E-state index contributed by atoms with van der Waals surface area (Å²) in [6.45, 7) is 1.12. The van der Waals surface area contributed by atoms with Crippen LogP contribution in [-0.2, 0) is 19.1 Å². The molecule has 0 saturated carbocycles. The van der Waals surface area contributed by atoms with Crippen LogP contribution in [0, 0.1) is 0 Å². The molecule has 0 aliphatic carbocycles. The van der Waals surface area contributed by atoms with Gasteiger partial charge in [0.1, 0.15) is 11.5 Å². The Kier molecular flexibility index (Phi) is 7.41. The molecular weight excluding hydrogens is 456 g/mol. The van der Waals surface area contributed by atoms with Crippen molar-refractivity contribution in [2.75, 3.05) is 13.2 Å². The molecule has 2 aliphatic heterocycles. The minimum atomic E-state index is -0.774. The molecule has 0 atom stereocenters. The first kappa shape index (κ1) is 23.6. The van der Waals surface area contributed by atoms with E-state index in [4.69, 9.17) is 18.9 Å². The van der Waals surface area contributed by atoms with Crippen molar-refractivity contribution in [3.8, 4) is 11.5 Å². The van der Waals surface area contributed by atoms with Crippen molar-refractivity contribution in [2.45, 2.75) is 19.3 Å². The number of ether oxygens (including phenoxy) is 4. The van der Waals surface area contributed by atoms with E-state index in [1.165, 1.54) is 12.2 Å². The fraction of sp³-hybridized carbons (Fsp3) is 0.200. The Morgan fingerprint density at radius 1 is 0.600 bits per heavy atom. The summed E-state index contributed by atoms with van der Waals surface area (Å²) >= 11 is 0. The summed E-state index contributed by atoms with van der Waals surface area (Å²) in [4.78, 5) is 45.0. The third-order valence-corrected chi connectivity index (χ3v) is 4.97. The zero-order valence-corrected chi connectivity index (χ0v) is 18.6. The second kappa shape index (κ2) is 11.0. The number of hydrogen-bond acceptors (Lipinski definition) is 8. The minimum absolute atomic E-state index is 0.0374. The van der Waals surface area contributed by atoms with Crippen LogP contribution in [0.3, 0.4) is 0 Å². The van der Waals surface area contributed by atoms with Gasteiger partial charge in [-0.2, -0.15) is 0 Å². The molecule has 2 aromatic carbocycles. The number of benzene rings is 2. The number of unbranched alkanes of at least 4 members (excludes halogenated alkanes) is 2. The molecule has 10 heteroatoms. The number of cyclic esters (lactones) is 2. The van der Waals surface area contributed by atoms with Gasteiger partial charge in [-0.15, -0.1) is 0 Å². The van der Waals surface area contributed by atoms with Gasteiger partial charge in [0.05, 0.1) is 13.2 Å². The smallest absolute Gasteiger partial charge is 0.419 e. The molecule has 35 heavy (non-hydrogen) atoms. The van der Waals surface area contributed by atoms with Gasteiger partial charge in [-0.3, -0.25) is 20.2 Å². The number of hydrogen-bond donors (Lipinski definition) is 2. The number of rotatable bonds is 10. The Hall–Kier alpha value is -4.60. The first-order chi connectivity index (χ1) is 17.0. The second-order valence-corrected chi connectivity index (χ2v) is 7.60. The fourth-order valence-corrected chi connectivity index (χ4v) is 3.23. The molecule has 2 aromatic rings. The molecule has 0 spiro atoms. The molecule has 2 aliphatic rings. The largest absolute Gasteiger partial charge is 0.494 e. The standard InChI is InChI=1S/C25H22N2O8/c28-22-20(34-24(30)26-22)14-16-4-8-18(9-5-16)32-12-2-1-3-13-33-19-10-6-17(7-11-19)15-21-23(29)27-25(31)35-21/h4-11,14-15H,1-3,12-13H2,(H,26,28,30)(H,27,29,31)/b20-14+,21-15+. The normalized spacial score (nSPS) is 17.3. The first-order valence-electron chi connectivity index (χ1n) is 10.9. The van der Waals surface area contributed by atoms with Crippen molar-refractivity contribution in [2.24, 2.45) is 0 Å². The van der Waals surface area contributed by atoms with Gasteiger partial charge in [-0.05, 0) is 66.8 Å². The van der Waals surface area contributed by atoms with Crippen LogP contribution in [0.4, 0.5) is 9.59 Å². The van der Waals surface area contributed by atoms with Gasteiger partial charge in [0.2, 0.25) is 0 Å². The average Bonchev–Trinajstić information content (AvgIpc) is 3.33. The van der Waals surface area contributed by atoms with Crippen molar-refractivity contribution in [3.05, 3.63) is 71.2 Å². The molecule has 0 aromatic heterocycles.